The number of ether oxygens (including phenoxy) is 1. The van der Waals surface area contributed by atoms with Crippen molar-refractivity contribution in [3.8, 4) is 17.3 Å². The zero-order valence-corrected chi connectivity index (χ0v) is 22.0. The van der Waals surface area contributed by atoms with Crippen LogP contribution in [0, 0.1) is 13.8 Å². The minimum absolute atomic E-state index is 0.109. The lowest BCUT2D eigenvalue weighted by atomic mass is 9.96. The standard InChI is InChI=1S/C31H27N5OS/c1-21-20-26(22(2)35(21)28-13-7-9-19-33-28)30-29(27-12-6-8-18-32-27)34-31(38)36(30)23-14-16-25(17-15-23)37-24-10-4-3-5-11-24/h3-20,29-30H,1-2H3,(H,34,38). The molecule has 2 unspecified atom stereocenters. The smallest absolute Gasteiger partial charge is 0.174 e. The molecular formula is C31H27N5OS. The van der Waals surface area contributed by atoms with Gasteiger partial charge in [0.2, 0.25) is 0 Å². The molecule has 0 radical (unpaired) electrons. The Bertz CT molecular complexity index is 1550. The molecule has 1 fully saturated rings. The average molecular weight is 518 g/mol. The van der Waals surface area contributed by atoms with Crippen molar-refractivity contribution in [3.05, 3.63) is 132 Å². The Morgan fingerprint density at radius 3 is 2.16 bits per heavy atom. The molecule has 1 saturated heterocycles. The van der Waals surface area contributed by atoms with Gasteiger partial charge in [0.15, 0.2) is 5.11 Å². The first-order chi connectivity index (χ1) is 18.6. The highest BCUT2D eigenvalue weighted by atomic mass is 32.1. The fourth-order valence-electron chi connectivity index (χ4n) is 5.17. The number of nitrogens with one attached hydrogen (secondary N) is 1. The average Bonchev–Trinajstić information content (AvgIpc) is 3.45. The number of pyridine rings is 2. The summed E-state index contributed by atoms with van der Waals surface area (Å²) in [5.74, 6) is 2.46. The van der Waals surface area contributed by atoms with Crippen LogP contribution in [-0.4, -0.2) is 19.6 Å². The minimum atomic E-state index is -0.123. The Morgan fingerprint density at radius 2 is 1.47 bits per heavy atom. The molecule has 1 aliphatic rings. The number of hydrogen-bond acceptors (Lipinski definition) is 4. The summed E-state index contributed by atoms with van der Waals surface area (Å²) in [6, 6.07) is 31.8. The number of benzene rings is 2. The van der Waals surface area contributed by atoms with E-state index in [2.05, 4.69) is 56.8 Å². The molecule has 5 aromatic rings. The van der Waals surface area contributed by atoms with Crippen LogP contribution >= 0.6 is 12.2 Å². The highest BCUT2D eigenvalue weighted by Crippen LogP contribution is 2.44. The molecule has 0 amide bonds. The van der Waals surface area contributed by atoms with Crippen LogP contribution in [0.4, 0.5) is 5.69 Å². The molecular weight excluding hydrogens is 490 g/mol. The predicted molar refractivity (Wildman–Crippen MR) is 154 cm³/mol. The Labute approximate surface area is 227 Å². The normalized spacial score (nSPS) is 16.9. The fraction of sp³-hybridized carbons (Fsp3) is 0.129. The van der Waals surface area contributed by atoms with Gasteiger partial charge in [0, 0.05) is 29.5 Å². The number of aryl methyl sites for hydroxylation is 1. The summed E-state index contributed by atoms with van der Waals surface area (Å²) >= 11 is 5.93. The number of aromatic nitrogens is 3. The second kappa shape index (κ2) is 10.1. The van der Waals surface area contributed by atoms with Gasteiger partial charge in [0.1, 0.15) is 17.3 Å². The Hall–Kier alpha value is -4.49. The molecule has 0 saturated carbocycles. The van der Waals surface area contributed by atoms with Gasteiger partial charge in [0.25, 0.3) is 0 Å². The summed E-state index contributed by atoms with van der Waals surface area (Å²) in [6.45, 7) is 4.25. The SMILES string of the molecule is Cc1cc(C2C(c3ccccn3)NC(=S)N2c2ccc(Oc3ccccc3)cc2)c(C)n1-c1ccccn1. The molecule has 188 valence electrons. The number of rotatable bonds is 6. The summed E-state index contributed by atoms with van der Waals surface area (Å²) < 4.78 is 8.22. The zero-order valence-electron chi connectivity index (χ0n) is 21.2. The van der Waals surface area contributed by atoms with Gasteiger partial charge < -0.3 is 19.5 Å². The lowest BCUT2D eigenvalue weighted by Gasteiger charge is -2.28. The monoisotopic (exact) mass is 517 g/mol. The molecule has 6 nitrogen and oxygen atoms in total. The van der Waals surface area contributed by atoms with Crippen molar-refractivity contribution in [1.82, 2.24) is 19.9 Å². The molecule has 3 aromatic heterocycles. The van der Waals surface area contributed by atoms with Crippen molar-refractivity contribution in [3.63, 3.8) is 0 Å². The first-order valence-corrected chi connectivity index (χ1v) is 12.9. The van der Waals surface area contributed by atoms with Crippen molar-refractivity contribution >= 4 is 23.0 Å². The molecule has 38 heavy (non-hydrogen) atoms. The van der Waals surface area contributed by atoms with Crippen LogP contribution in [0.15, 0.2) is 109 Å². The predicted octanol–water partition coefficient (Wildman–Crippen LogP) is 6.85. The summed E-state index contributed by atoms with van der Waals surface area (Å²) in [5.41, 5.74) is 5.32. The number of hydrogen-bond donors (Lipinski definition) is 1. The van der Waals surface area contributed by atoms with Crippen molar-refractivity contribution in [2.75, 3.05) is 4.90 Å². The highest BCUT2D eigenvalue weighted by molar-refractivity contribution is 7.80. The quantitative estimate of drug-likeness (QED) is 0.249. The van der Waals surface area contributed by atoms with Crippen LogP contribution in [0.5, 0.6) is 11.5 Å². The van der Waals surface area contributed by atoms with Crippen LogP contribution in [0.1, 0.15) is 34.7 Å². The molecule has 2 aromatic carbocycles. The van der Waals surface area contributed by atoms with E-state index in [1.165, 1.54) is 5.56 Å². The largest absolute Gasteiger partial charge is 0.457 e. The van der Waals surface area contributed by atoms with E-state index in [-0.39, 0.29) is 12.1 Å². The van der Waals surface area contributed by atoms with Crippen LogP contribution in [-0.2, 0) is 0 Å². The summed E-state index contributed by atoms with van der Waals surface area (Å²) in [7, 11) is 0. The minimum Gasteiger partial charge on any atom is -0.457 e. The first-order valence-electron chi connectivity index (χ1n) is 12.5. The van der Waals surface area contributed by atoms with E-state index in [0.717, 1.165) is 40.1 Å². The zero-order chi connectivity index (χ0) is 26.1. The van der Waals surface area contributed by atoms with Crippen molar-refractivity contribution in [2.45, 2.75) is 25.9 Å². The van der Waals surface area contributed by atoms with Crippen LogP contribution in [0.2, 0.25) is 0 Å². The summed E-state index contributed by atoms with van der Waals surface area (Å²) in [4.78, 5) is 11.5. The molecule has 2 atom stereocenters. The van der Waals surface area contributed by atoms with Crippen molar-refractivity contribution in [1.29, 1.82) is 0 Å². The van der Waals surface area contributed by atoms with E-state index in [1.807, 2.05) is 91.3 Å². The van der Waals surface area contributed by atoms with Crippen LogP contribution < -0.4 is 15.0 Å². The van der Waals surface area contributed by atoms with Gasteiger partial charge in [-0.3, -0.25) is 4.98 Å². The number of thiocarbonyl (C=S) groups is 1. The summed E-state index contributed by atoms with van der Waals surface area (Å²) in [5, 5.41) is 4.21. The maximum atomic E-state index is 6.02. The molecule has 1 aliphatic heterocycles. The lowest BCUT2D eigenvalue weighted by Crippen LogP contribution is -2.29. The number of para-hydroxylation sites is 1. The maximum Gasteiger partial charge on any atom is 0.174 e. The van der Waals surface area contributed by atoms with E-state index in [4.69, 9.17) is 17.0 Å². The van der Waals surface area contributed by atoms with Crippen LogP contribution in [0.3, 0.4) is 0 Å². The van der Waals surface area contributed by atoms with Gasteiger partial charge >= 0.3 is 0 Å². The molecule has 0 aliphatic carbocycles. The van der Waals surface area contributed by atoms with Crippen molar-refractivity contribution < 1.29 is 4.74 Å². The third-order valence-corrected chi connectivity index (χ3v) is 7.17. The third-order valence-electron chi connectivity index (χ3n) is 6.86. The molecule has 7 heteroatoms. The molecule has 4 heterocycles. The number of anilines is 1. The van der Waals surface area contributed by atoms with E-state index in [9.17, 15) is 0 Å². The first kappa shape index (κ1) is 23.9. The summed E-state index contributed by atoms with van der Waals surface area (Å²) in [6.07, 6.45) is 3.65. The fourth-order valence-corrected chi connectivity index (χ4v) is 5.52. The Kier molecular flexibility index (Phi) is 6.35. The second-order valence-corrected chi connectivity index (χ2v) is 9.64. The third kappa shape index (κ3) is 4.41. The van der Waals surface area contributed by atoms with Gasteiger partial charge in [0.05, 0.1) is 17.8 Å². The molecule has 0 spiro atoms. The van der Waals surface area contributed by atoms with E-state index in [1.54, 1.807) is 0 Å². The van der Waals surface area contributed by atoms with Gasteiger partial charge in [-0.05, 0) is 98.4 Å². The topological polar surface area (TPSA) is 55.2 Å². The van der Waals surface area contributed by atoms with Crippen molar-refractivity contribution in [2.24, 2.45) is 0 Å². The Balaban J connectivity index is 1.42. The van der Waals surface area contributed by atoms with Gasteiger partial charge in [-0.25, -0.2) is 4.98 Å². The molecule has 0 bridgehead atoms. The van der Waals surface area contributed by atoms with E-state index in [0.29, 0.717) is 5.11 Å². The molecule has 1 N–H and O–H groups in total. The maximum absolute atomic E-state index is 6.02. The Morgan fingerprint density at radius 1 is 0.789 bits per heavy atom. The van der Waals surface area contributed by atoms with Crippen LogP contribution in [0.25, 0.3) is 5.82 Å². The lowest BCUT2D eigenvalue weighted by molar-refractivity contribution is 0.482. The van der Waals surface area contributed by atoms with Gasteiger partial charge in [-0.15, -0.1) is 0 Å². The van der Waals surface area contributed by atoms with Gasteiger partial charge in [-0.2, -0.15) is 0 Å². The van der Waals surface area contributed by atoms with E-state index < -0.39 is 0 Å². The van der Waals surface area contributed by atoms with E-state index >= 15 is 0 Å². The molecule has 6 rings (SSSR count). The highest BCUT2D eigenvalue weighted by Gasteiger charge is 2.42. The van der Waals surface area contributed by atoms with Gasteiger partial charge in [-0.1, -0.05) is 30.3 Å². The number of nitrogens with zero attached hydrogens (tertiary/aromatic N) is 4. The second-order valence-electron chi connectivity index (χ2n) is 9.26.